The van der Waals surface area contributed by atoms with Gasteiger partial charge in [-0.3, -0.25) is 25.3 Å². The lowest BCUT2D eigenvalue weighted by atomic mass is 9.96. The molecule has 0 spiro atoms. The Balaban J connectivity index is 1.49. The SMILES string of the molecule is C#CCN1CCC(C(=O)NNC(=O)c2cc3c(s2)CCCCCC3)CC1. The number of fused-ring (bicyclic) bond motifs is 1. The topological polar surface area (TPSA) is 61.4 Å². The first-order valence-electron chi connectivity index (χ1n) is 9.55. The van der Waals surface area contributed by atoms with Crippen molar-refractivity contribution in [3.8, 4) is 12.3 Å². The monoisotopic (exact) mass is 373 g/mol. The molecule has 2 aliphatic rings. The Morgan fingerprint density at radius 1 is 1.15 bits per heavy atom. The van der Waals surface area contributed by atoms with E-state index in [2.05, 4.69) is 21.7 Å². The maximum atomic E-state index is 12.4. The fraction of sp³-hybridized carbons (Fsp3) is 0.600. The number of terminal acetylenes is 1. The van der Waals surface area contributed by atoms with Crippen molar-refractivity contribution in [2.75, 3.05) is 19.6 Å². The summed E-state index contributed by atoms with van der Waals surface area (Å²) in [5.74, 6) is 2.26. The highest BCUT2D eigenvalue weighted by molar-refractivity contribution is 7.14. The van der Waals surface area contributed by atoms with Gasteiger partial charge >= 0.3 is 0 Å². The van der Waals surface area contributed by atoms with Gasteiger partial charge in [0.2, 0.25) is 5.91 Å². The summed E-state index contributed by atoms with van der Waals surface area (Å²) < 4.78 is 0. The molecule has 2 N–H and O–H groups in total. The zero-order valence-electron chi connectivity index (χ0n) is 15.2. The second-order valence-electron chi connectivity index (χ2n) is 7.17. The number of thiophene rings is 1. The molecule has 1 saturated heterocycles. The van der Waals surface area contributed by atoms with E-state index in [1.165, 1.54) is 36.1 Å². The predicted molar refractivity (Wildman–Crippen MR) is 104 cm³/mol. The number of nitrogens with one attached hydrogen (secondary N) is 2. The third-order valence-electron chi connectivity index (χ3n) is 5.29. The van der Waals surface area contributed by atoms with Gasteiger partial charge in [-0.2, -0.15) is 0 Å². The fourth-order valence-corrected chi connectivity index (χ4v) is 4.87. The maximum Gasteiger partial charge on any atom is 0.279 e. The Morgan fingerprint density at radius 3 is 2.62 bits per heavy atom. The van der Waals surface area contributed by atoms with Crippen LogP contribution in [0.15, 0.2) is 6.07 Å². The van der Waals surface area contributed by atoms with Crippen molar-refractivity contribution in [2.45, 2.75) is 51.4 Å². The van der Waals surface area contributed by atoms with Crippen LogP contribution in [0.25, 0.3) is 0 Å². The van der Waals surface area contributed by atoms with Crippen molar-refractivity contribution in [1.82, 2.24) is 15.8 Å². The molecule has 1 fully saturated rings. The van der Waals surface area contributed by atoms with Crippen LogP contribution in [-0.2, 0) is 17.6 Å². The Kier molecular flexibility index (Phi) is 6.70. The lowest BCUT2D eigenvalue weighted by Gasteiger charge is -2.29. The largest absolute Gasteiger partial charge is 0.292 e. The predicted octanol–water partition coefficient (Wildman–Crippen LogP) is 2.51. The number of piperidine rings is 1. The highest BCUT2D eigenvalue weighted by atomic mass is 32.1. The number of rotatable bonds is 3. The third kappa shape index (κ3) is 4.87. The summed E-state index contributed by atoms with van der Waals surface area (Å²) in [5.41, 5.74) is 6.52. The third-order valence-corrected chi connectivity index (χ3v) is 6.53. The van der Waals surface area contributed by atoms with E-state index in [1.54, 1.807) is 11.3 Å². The number of carbonyl (C=O) groups is 2. The first-order chi connectivity index (χ1) is 12.7. The molecule has 0 unspecified atom stereocenters. The number of hydrogen-bond acceptors (Lipinski definition) is 4. The molecule has 1 aliphatic heterocycles. The molecule has 0 atom stereocenters. The van der Waals surface area contributed by atoms with Gasteiger partial charge in [0.1, 0.15) is 0 Å². The molecule has 1 aromatic heterocycles. The van der Waals surface area contributed by atoms with E-state index >= 15 is 0 Å². The second kappa shape index (κ2) is 9.20. The second-order valence-corrected chi connectivity index (χ2v) is 8.31. The van der Waals surface area contributed by atoms with Crippen LogP contribution in [0.3, 0.4) is 0 Å². The van der Waals surface area contributed by atoms with E-state index in [1.807, 2.05) is 6.07 Å². The zero-order valence-corrected chi connectivity index (χ0v) is 16.0. The van der Waals surface area contributed by atoms with Crippen LogP contribution in [0, 0.1) is 18.3 Å². The lowest BCUT2D eigenvalue weighted by molar-refractivity contribution is -0.127. The number of likely N-dealkylation sites (tertiary alicyclic amines) is 1. The van der Waals surface area contributed by atoms with Gasteiger partial charge in [-0.25, -0.2) is 0 Å². The molecule has 1 aromatic rings. The summed E-state index contributed by atoms with van der Waals surface area (Å²) >= 11 is 1.57. The van der Waals surface area contributed by atoms with E-state index < -0.39 is 0 Å². The van der Waals surface area contributed by atoms with E-state index in [0.717, 1.165) is 38.8 Å². The molecular weight excluding hydrogens is 346 g/mol. The number of hydrogen-bond donors (Lipinski definition) is 2. The minimum atomic E-state index is -0.208. The molecule has 2 amide bonds. The molecule has 26 heavy (non-hydrogen) atoms. The zero-order chi connectivity index (χ0) is 18.4. The summed E-state index contributed by atoms with van der Waals surface area (Å²) in [6.45, 7) is 2.29. The highest BCUT2D eigenvalue weighted by Gasteiger charge is 2.25. The van der Waals surface area contributed by atoms with Gasteiger partial charge < -0.3 is 0 Å². The average molecular weight is 374 g/mol. The Hall–Kier alpha value is -1.84. The smallest absolute Gasteiger partial charge is 0.279 e. The quantitative estimate of drug-likeness (QED) is 0.632. The van der Waals surface area contributed by atoms with Crippen molar-refractivity contribution >= 4 is 23.2 Å². The van der Waals surface area contributed by atoms with Gasteiger partial charge in [0.05, 0.1) is 11.4 Å². The van der Waals surface area contributed by atoms with Crippen LogP contribution in [0.2, 0.25) is 0 Å². The minimum absolute atomic E-state index is 0.0621. The fourth-order valence-electron chi connectivity index (χ4n) is 3.72. The van der Waals surface area contributed by atoms with Crippen LogP contribution in [0.1, 0.15) is 58.6 Å². The molecule has 3 rings (SSSR count). The van der Waals surface area contributed by atoms with Crippen molar-refractivity contribution in [1.29, 1.82) is 0 Å². The number of aryl methyl sites for hydroxylation is 2. The van der Waals surface area contributed by atoms with Crippen molar-refractivity contribution < 1.29 is 9.59 Å². The van der Waals surface area contributed by atoms with E-state index in [9.17, 15) is 9.59 Å². The Morgan fingerprint density at radius 2 is 1.88 bits per heavy atom. The van der Waals surface area contributed by atoms with Crippen molar-refractivity contribution in [3.63, 3.8) is 0 Å². The molecule has 2 heterocycles. The normalized spacial score (nSPS) is 18.9. The van der Waals surface area contributed by atoms with Crippen LogP contribution < -0.4 is 10.9 Å². The van der Waals surface area contributed by atoms with Crippen LogP contribution in [0.4, 0.5) is 0 Å². The number of hydrazine groups is 1. The van der Waals surface area contributed by atoms with Gasteiger partial charge in [-0.1, -0.05) is 18.8 Å². The van der Waals surface area contributed by atoms with Gasteiger partial charge in [0.25, 0.3) is 5.91 Å². The summed E-state index contributed by atoms with van der Waals surface area (Å²) in [5, 5.41) is 0. The Labute approximate surface area is 159 Å². The summed E-state index contributed by atoms with van der Waals surface area (Å²) in [4.78, 5) is 28.9. The molecular formula is C20H27N3O2S. The first kappa shape index (κ1) is 18.9. The number of amides is 2. The van der Waals surface area contributed by atoms with Crippen LogP contribution in [-0.4, -0.2) is 36.3 Å². The molecule has 140 valence electrons. The molecule has 6 heteroatoms. The van der Waals surface area contributed by atoms with Gasteiger partial charge in [0.15, 0.2) is 0 Å². The highest BCUT2D eigenvalue weighted by Crippen LogP contribution is 2.28. The van der Waals surface area contributed by atoms with Gasteiger partial charge in [-0.15, -0.1) is 17.8 Å². The van der Waals surface area contributed by atoms with E-state index in [-0.39, 0.29) is 17.7 Å². The number of carbonyl (C=O) groups excluding carboxylic acids is 2. The molecule has 5 nitrogen and oxygen atoms in total. The summed E-state index contributed by atoms with van der Waals surface area (Å²) in [7, 11) is 0. The minimum Gasteiger partial charge on any atom is -0.292 e. The molecule has 1 aliphatic carbocycles. The van der Waals surface area contributed by atoms with Gasteiger partial charge in [-0.05, 0) is 63.2 Å². The maximum absolute atomic E-state index is 12.4. The van der Waals surface area contributed by atoms with E-state index in [4.69, 9.17) is 6.42 Å². The average Bonchev–Trinajstić information content (AvgIpc) is 3.02. The summed E-state index contributed by atoms with van der Waals surface area (Å²) in [6.07, 6.45) is 13.9. The lowest BCUT2D eigenvalue weighted by Crippen LogP contribution is -2.47. The summed E-state index contributed by atoms with van der Waals surface area (Å²) in [6, 6.07) is 2.01. The standard InChI is InChI=1S/C20H27N3O2S/c1-2-11-23-12-9-15(10-13-23)19(24)21-22-20(25)18-14-16-7-5-3-4-6-8-17(16)26-18/h1,14-15H,3-13H2,(H,21,24)(H,22,25). The number of nitrogens with zero attached hydrogens (tertiary/aromatic N) is 1. The molecule has 0 aromatic carbocycles. The van der Waals surface area contributed by atoms with E-state index in [0.29, 0.717) is 11.4 Å². The van der Waals surface area contributed by atoms with Crippen molar-refractivity contribution in [2.24, 2.45) is 5.92 Å². The van der Waals surface area contributed by atoms with Crippen LogP contribution in [0.5, 0.6) is 0 Å². The molecule has 0 bridgehead atoms. The molecule has 0 radical (unpaired) electrons. The first-order valence-corrected chi connectivity index (χ1v) is 10.4. The Bertz CT molecular complexity index is 658. The van der Waals surface area contributed by atoms with Gasteiger partial charge in [0, 0.05) is 10.8 Å². The van der Waals surface area contributed by atoms with Crippen LogP contribution >= 0.6 is 11.3 Å². The molecule has 0 saturated carbocycles. The van der Waals surface area contributed by atoms with Crippen molar-refractivity contribution in [3.05, 3.63) is 21.4 Å².